The summed E-state index contributed by atoms with van der Waals surface area (Å²) in [7, 11) is -0.656. The van der Waals surface area contributed by atoms with Crippen LogP contribution in [0.15, 0.2) is 21.6 Å². The van der Waals surface area contributed by atoms with Crippen molar-refractivity contribution in [3.05, 3.63) is 18.0 Å². The summed E-state index contributed by atoms with van der Waals surface area (Å²) < 4.78 is 39.1. The molecule has 21 heavy (non-hydrogen) atoms. The van der Waals surface area contributed by atoms with E-state index in [0.29, 0.717) is 11.5 Å². The highest BCUT2D eigenvalue weighted by Gasteiger charge is 2.22. The van der Waals surface area contributed by atoms with Crippen molar-refractivity contribution in [2.24, 2.45) is 5.73 Å². The maximum Gasteiger partial charge on any atom is 0.240 e. The van der Waals surface area contributed by atoms with Crippen molar-refractivity contribution in [1.82, 2.24) is 10.1 Å². The largest absolute Gasteiger partial charge is 0.493 e. The number of nitrogens with zero attached hydrogens (tertiary/aromatic N) is 2. The average Bonchev–Trinajstić information content (AvgIpc) is 2.93. The maximum atomic E-state index is 12.0. The number of benzene rings is 1. The van der Waals surface area contributed by atoms with E-state index in [9.17, 15) is 8.42 Å². The average molecular weight is 313 g/mol. The number of methoxy groups -OCH3 is 2. The van der Waals surface area contributed by atoms with Crippen LogP contribution >= 0.6 is 0 Å². The van der Waals surface area contributed by atoms with Gasteiger partial charge in [-0.05, 0) is 6.07 Å². The third-order valence-electron chi connectivity index (χ3n) is 2.77. The van der Waals surface area contributed by atoms with E-state index in [1.807, 2.05) is 0 Å². The van der Waals surface area contributed by atoms with Gasteiger partial charge in [0.05, 0.1) is 25.7 Å². The molecule has 2 rings (SSSR count). The van der Waals surface area contributed by atoms with Gasteiger partial charge in [-0.3, -0.25) is 0 Å². The molecule has 0 atom stereocenters. The summed E-state index contributed by atoms with van der Waals surface area (Å²) in [5.41, 5.74) is 5.67. The molecular weight excluding hydrogens is 298 g/mol. The van der Waals surface area contributed by atoms with Crippen LogP contribution in [0.4, 0.5) is 0 Å². The number of aromatic nitrogens is 2. The van der Waals surface area contributed by atoms with Crippen LogP contribution in [0.1, 0.15) is 5.89 Å². The molecule has 2 aromatic rings. The summed E-state index contributed by atoms with van der Waals surface area (Å²) in [6, 6.07) is 2.85. The van der Waals surface area contributed by atoms with Crippen molar-refractivity contribution in [1.29, 1.82) is 0 Å². The summed E-state index contributed by atoms with van der Waals surface area (Å²) in [5.74, 6) is 0.985. The lowest BCUT2D eigenvalue weighted by Crippen LogP contribution is -2.03. The van der Waals surface area contributed by atoms with E-state index >= 15 is 0 Å². The summed E-state index contributed by atoms with van der Waals surface area (Å²) >= 11 is 0. The standard InChI is InChI=1S/C12H15N3O5S/c1-18-8-4-7(12-14-11(6-13)20-15-12)10(21(3,16)17)5-9(8)19-2/h4-5H,6,13H2,1-3H3. The SMILES string of the molecule is COc1cc(-c2noc(CN)n2)c(S(C)(=O)=O)cc1OC. The van der Waals surface area contributed by atoms with Crippen molar-refractivity contribution in [2.75, 3.05) is 20.5 Å². The van der Waals surface area contributed by atoms with Crippen molar-refractivity contribution >= 4 is 9.84 Å². The van der Waals surface area contributed by atoms with E-state index in [1.54, 1.807) is 0 Å². The van der Waals surface area contributed by atoms with Gasteiger partial charge in [-0.15, -0.1) is 0 Å². The van der Waals surface area contributed by atoms with Crippen molar-refractivity contribution in [3.63, 3.8) is 0 Å². The summed E-state index contributed by atoms with van der Waals surface area (Å²) in [6.45, 7) is 0.0640. The first kappa shape index (κ1) is 15.3. The highest BCUT2D eigenvalue weighted by molar-refractivity contribution is 7.90. The maximum absolute atomic E-state index is 12.0. The first-order chi connectivity index (χ1) is 9.90. The zero-order chi connectivity index (χ0) is 15.6. The Morgan fingerprint density at radius 2 is 1.86 bits per heavy atom. The zero-order valence-corrected chi connectivity index (χ0v) is 12.6. The van der Waals surface area contributed by atoms with Crippen LogP contribution in [-0.2, 0) is 16.4 Å². The molecule has 1 heterocycles. The molecule has 114 valence electrons. The number of sulfone groups is 1. The lowest BCUT2D eigenvalue weighted by molar-refractivity contribution is 0.354. The van der Waals surface area contributed by atoms with Crippen LogP contribution in [0, 0.1) is 0 Å². The molecular formula is C12H15N3O5S. The van der Waals surface area contributed by atoms with Gasteiger partial charge in [0, 0.05) is 17.9 Å². The van der Waals surface area contributed by atoms with Gasteiger partial charge in [-0.2, -0.15) is 4.98 Å². The molecule has 1 aromatic carbocycles. The molecule has 0 saturated carbocycles. The molecule has 0 saturated heterocycles. The van der Waals surface area contributed by atoms with Gasteiger partial charge in [0.25, 0.3) is 0 Å². The van der Waals surface area contributed by atoms with Gasteiger partial charge in [0.2, 0.25) is 11.7 Å². The predicted octanol–water partition coefficient (Wildman–Crippen LogP) is 0.616. The normalized spacial score (nSPS) is 11.4. The highest BCUT2D eigenvalue weighted by atomic mass is 32.2. The Kier molecular flexibility index (Phi) is 4.14. The van der Waals surface area contributed by atoms with Gasteiger partial charge in [0.1, 0.15) is 0 Å². The fourth-order valence-electron chi connectivity index (χ4n) is 1.79. The quantitative estimate of drug-likeness (QED) is 0.853. The predicted molar refractivity (Wildman–Crippen MR) is 73.8 cm³/mol. The minimum Gasteiger partial charge on any atom is -0.493 e. The summed E-state index contributed by atoms with van der Waals surface area (Å²) in [4.78, 5) is 4.06. The smallest absolute Gasteiger partial charge is 0.240 e. The molecule has 0 amide bonds. The number of ether oxygens (including phenoxy) is 2. The van der Waals surface area contributed by atoms with E-state index in [4.69, 9.17) is 19.7 Å². The molecule has 0 fully saturated rings. The third-order valence-corrected chi connectivity index (χ3v) is 3.91. The number of rotatable bonds is 5. The molecule has 2 N–H and O–H groups in total. The fourth-order valence-corrected chi connectivity index (χ4v) is 2.66. The molecule has 9 heteroatoms. The van der Waals surface area contributed by atoms with Crippen LogP contribution in [0.2, 0.25) is 0 Å². The Morgan fingerprint density at radius 3 is 2.33 bits per heavy atom. The monoisotopic (exact) mass is 313 g/mol. The second-order valence-corrected chi connectivity index (χ2v) is 6.18. The second-order valence-electron chi connectivity index (χ2n) is 4.19. The Hall–Kier alpha value is -2.13. The molecule has 0 spiro atoms. The molecule has 0 bridgehead atoms. The van der Waals surface area contributed by atoms with Crippen LogP contribution in [0.5, 0.6) is 11.5 Å². The first-order valence-electron chi connectivity index (χ1n) is 5.89. The van der Waals surface area contributed by atoms with Gasteiger partial charge in [0.15, 0.2) is 21.3 Å². The molecule has 0 unspecified atom stereocenters. The summed E-state index contributed by atoms with van der Waals surface area (Å²) in [5, 5.41) is 3.74. The van der Waals surface area contributed by atoms with E-state index in [1.165, 1.54) is 26.4 Å². The van der Waals surface area contributed by atoms with E-state index in [0.717, 1.165) is 6.26 Å². The molecule has 8 nitrogen and oxygen atoms in total. The number of hydrogen-bond acceptors (Lipinski definition) is 8. The van der Waals surface area contributed by atoms with Crippen molar-refractivity contribution in [3.8, 4) is 22.9 Å². The van der Waals surface area contributed by atoms with Gasteiger partial charge < -0.3 is 19.7 Å². The molecule has 1 aromatic heterocycles. The highest BCUT2D eigenvalue weighted by Crippen LogP contribution is 2.36. The number of hydrogen-bond donors (Lipinski definition) is 1. The minimum atomic E-state index is -3.53. The fraction of sp³-hybridized carbons (Fsp3) is 0.333. The van der Waals surface area contributed by atoms with Gasteiger partial charge in [-0.1, -0.05) is 5.16 Å². The van der Waals surface area contributed by atoms with Crippen LogP contribution in [0.3, 0.4) is 0 Å². The number of nitrogens with two attached hydrogens (primary N) is 1. The third kappa shape index (κ3) is 2.98. The Morgan fingerprint density at radius 1 is 1.24 bits per heavy atom. The van der Waals surface area contributed by atoms with Gasteiger partial charge >= 0.3 is 0 Å². The van der Waals surface area contributed by atoms with Gasteiger partial charge in [-0.25, -0.2) is 8.42 Å². The van der Waals surface area contributed by atoms with E-state index in [-0.39, 0.29) is 28.7 Å². The van der Waals surface area contributed by atoms with Crippen LogP contribution in [0.25, 0.3) is 11.4 Å². The second kappa shape index (κ2) is 5.70. The topological polar surface area (TPSA) is 118 Å². The zero-order valence-electron chi connectivity index (χ0n) is 11.8. The molecule has 0 aliphatic heterocycles. The van der Waals surface area contributed by atoms with Crippen molar-refractivity contribution in [2.45, 2.75) is 11.4 Å². The lowest BCUT2D eigenvalue weighted by Gasteiger charge is -2.12. The Labute approximate surface area is 121 Å². The van der Waals surface area contributed by atoms with Crippen molar-refractivity contribution < 1.29 is 22.4 Å². The van der Waals surface area contributed by atoms with Crippen LogP contribution < -0.4 is 15.2 Å². The molecule has 0 aliphatic carbocycles. The minimum absolute atomic E-state index is 0.0181. The van der Waals surface area contributed by atoms with E-state index < -0.39 is 9.84 Å². The Bertz CT molecular complexity index is 754. The van der Waals surface area contributed by atoms with Crippen LogP contribution in [-0.4, -0.2) is 39.0 Å². The lowest BCUT2D eigenvalue weighted by atomic mass is 10.2. The summed E-state index contributed by atoms with van der Waals surface area (Å²) in [6.07, 6.45) is 1.08. The molecule has 0 radical (unpaired) electrons. The Balaban J connectivity index is 2.73. The first-order valence-corrected chi connectivity index (χ1v) is 7.79. The van der Waals surface area contributed by atoms with E-state index in [2.05, 4.69) is 10.1 Å². The molecule has 0 aliphatic rings.